The molecule has 0 unspecified atom stereocenters. The van der Waals surface area contributed by atoms with E-state index in [9.17, 15) is 4.79 Å². The van der Waals surface area contributed by atoms with Gasteiger partial charge < -0.3 is 4.74 Å². The summed E-state index contributed by atoms with van der Waals surface area (Å²) in [7, 11) is 0. The molecular weight excluding hydrogens is 338 g/mol. The first-order valence-corrected chi connectivity index (χ1v) is 7.87. The molecule has 124 valence electrons. The first kappa shape index (κ1) is 16.7. The van der Waals surface area contributed by atoms with Crippen molar-refractivity contribution in [2.75, 3.05) is 0 Å². The molecule has 0 radical (unpaired) electrons. The van der Waals surface area contributed by atoms with E-state index in [2.05, 4.69) is 15.5 Å². The summed E-state index contributed by atoms with van der Waals surface area (Å²) >= 11 is 6.08. The second kappa shape index (κ2) is 8.08. The number of carbonyl (C=O) groups is 1. The monoisotopic (exact) mass is 351 g/mol. The number of hydrogen-bond acceptors (Lipinski definition) is 4. The zero-order chi connectivity index (χ0) is 17.5. The summed E-state index contributed by atoms with van der Waals surface area (Å²) in [4.78, 5) is 16.5. The number of nitrogens with one attached hydrogen (secondary N) is 1. The maximum Gasteiger partial charge on any atom is 0.276 e. The van der Waals surface area contributed by atoms with Crippen molar-refractivity contribution >= 4 is 23.7 Å². The van der Waals surface area contributed by atoms with Gasteiger partial charge >= 0.3 is 0 Å². The van der Waals surface area contributed by atoms with Gasteiger partial charge in [-0.1, -0.05) is 54.1 Å². The third-order valence-electron chi connectivity index (χ3n) is 3.24. The largest absolute Gasteiger partial charge is 0.437 e. The number of para-hydroxylation sites is 1. The van der Waals surface area contributed by atoms with Crippen molar-refractivity contribution in [3.8, 4) is 11.6 Å². The van der Waals surface area contributed by atoms with Gasteiger partial charge in [0, 0.05) is 6.20 Å². The van der Waals surface area contributed by atoms with E-state index in [1.165, 1.54) is 6.20 Å². The number of hydrogen-bond donors (Lipinski definition) is 1. The molecule has 0 aliphatic heterocycles. The Morgan fingerprint density at radius 1 is 1.04 bits per heavy atom. The van der Waals surface area contributed by atoms with Crippen LogP contribution in [0.2, 0.25) is 5.02 Å². The molecule has 25 heavy (non-hydrogen) atoms. The van der Waals surface area contributed by atoms with E-state index in [4.69, 9.17) is 16.3 Å². The molecule has 2 aromatic carbocycles. The van der Waals surface area contributed by atoms with Gasteiger partial charge in [-0.2, -0.15) is 5.10 Å². The molecule has 0 bridgehead atoms. The first-order chi connectivity index (χ1) is 12.2. The molecule has 0 fully saturated rings. The quantitative estimate of drug-likeness (QED) is 0.551. The summed E-state index contributed by atoms with van der Waals surface area (Å²) in [6, 6.07) is 19.7. The number of ether oxygens (including phenoxy) is 1. The minimum Gasteiger partial charge on any atom is -0.437 e. The van der Waals surface area contributed by atoms with Gasteiger partial charge in [-0.15, -0.1) is 0 Å². The van der Waals surface area contributed by atoms with Crippen LogP contribution in [0.4, 0.5) is 0 Å². The topological polar surface area (TPSA) is 63.6 Å². The highest BCUT2D eigenvalue weighted by molar-refractivity contribution is 6.32. The van der Waals surface area contributed by atoms with Crippen molar-refractivity contribution in [2.24, 2.45) is 5.10 Å². The number of halogens is 1. The summed E-state index contributed by atoms with van der Waals surface area (Å²) in [6.07, 6.45) is 3.10. The fourth-order valence-electron chi connectivity index (χ4n) is 2.04. The van der Waals surface area contributed by atoms with Gasteiger partial charge in [-0.3, -0.25) is 4.79 Å². The van der Waals surface area contributed by atoms with Gasteiger partial charge in [0.2, 0.25) is 5.88 Å². The molecule has 6 heteroatoms. The summed E-state index contributed by atoms with van der Waals surface area (Å²) in [5, 5.41) is 4.38. The number of pyridine rings is 1. The average Bonchev–Trinajstić information content (AvgIpc) is 2.65. The molecule has 5 nitrogen and oxygen atoms in total. The second-order valence-corrected chi connectivity index (χ2v) is 5.41. The number of aromatic nitrogens is 1. The lowest BCUT2D eigenvalue weighted by Gasteiger charge is -2.09. The van der Waals surface area contributed by atoms with Crippen LogP contribution in [0, 0.1) is 0 Å². The van der Waals surface area contributed by atoms with Crippen LogP contribution in [0.3, 0.4) is 0 Å². The van der Waals surface area contributed by atoms with E-state index in [-0.39, 0.29) is 11.4 Å². The lowest BCUT2D eigenvalue weighted by atomic mass is 10.2. The molecule has 0 saturated carbocycles. The maximum atomic E-state index is 12.4. The van der Waals surface area contributed by atoms with Crippen molar-refractivity contribution in [1.82, 2.24) is 10.4 Å². The Kier molecular flexibility index (Phi) is 5.39. The number of rotatable bonds is 5. The van der Waals surface area contributed by atoms with Gasteiger partial charge in [-0.05, 0) is 29.8 Å². The van der Waals surface area contributed by atoms with Crippen molar-refractivity contribution in [2.45, 2.75) is 0 Å². The number of nitrogens with zero attached hydrogens (tertiary/aromatic N) is 2. The molecule has 0 saturated heterocycles. The van der Waals surface area contributed by atoms with Gasteiger partial charge in [0.05, 0.1) is 11.2 Å². The third kappa shape index (κ3) is 4.43. The first-order valence-electron chi connectivity index (χ1n) is 7.50. The molecule has 0 aliphatic carbocycles. The van der Waals surface area contributed by atoms with Crippen LogP contribution in [0.25, 0.3) is 0 Å². The van der Waals surface area contributed by atoms with Crippen LogP contribution >= 0.6 is 11.6 Å². The number of hydrazone groups is 1. The van der Waals surface area contributed by atoms with Gasteiger partial charge in [0.25, 0.3) is 5.91 Å². The summed E-state index contributed by atoms with van der Waals surface area (Å²) in [6.45, 7) is 0. The van der Waals surface area contributed by atoms with Crippen molar-refractivity contribution in [3.63, 3.8) is 0 Å². The normalized spacial score (nSPS) is 10.6. The van der Waals surface area contributed by atoms with Gasteiger partial charge in [0.1, 0.15) is 11.3 Å². The fourth-order valence-corrected chi connectivity index (χ4v) is 2.22. The Labute approximate surface area is 149 Å². The van der Waals surface area contributed by atoms with E-state index >= 15 is 0 Å². The van der Waals surface area contributed by atoms with Crippen LogP contribution in [0.5, 0.6) is 11.6 Å². The van der Waals surface area contributed by atoms with E-state index in [0.29, 0.717) is 10.8 Å². The predicted molar refractivity (Wildman–Crippen MR) is 97.3 cm³/mol. The minimum absolute atomic E-state index is 0.156. The van der Waals surface area contributed by atoms with Crippen molar-refractivity contribution in [3.05, 3.63) is 89.1 Å². The Bertz CT molecular complexity index is 898. The molecule has 1 N–H and O–H groups in total. The highest BCUT2D eigenvalue weighted by atomic mass is 35.5. The van der Waals surface area contributed by atoms with Gasteiger partial charge in [0.15, 0.2) is 0 Å². The highest BCUT2D eigenvalue weighted by Crippen LogP contribution is 2.29. The Morgan fingerprint density at radius 3 is 2.60 bits per heavy atom. The van der Waals surface area contributed by atoms with E-state index in [1.54, 1.807) is 42.6 Å². The second-order valence-electron chi connectivity index (χ2n) is 5.00. The average molecular weight is 352 g/mol. The number of amides is 1. The van der Waals surface area contributed by atoms with Gasteiger partial charge in [-0.25, -0.2) is 10.4 Å². The summed E-state index contributed by atoms with van der Waals surface area (Å²) in [5.41, 5.74) is 3.60. The van der Waals surface area contributed by atoms with Crippen LogP contribution in [-0.2, 0) is 0 Å². The van der Waals surface area contributed by atoms with E-state index in [0.717, 1.165) is 5.56 Å². The van der Waals surface area contributed by atoms with Crippen molar-refractivity contribution in [1.29, 1.82) is 0 Å². The number of carbonyl (C=O) groups excluding carboxylic acids is 1. The van der Waals surface area contributed by atoms with Crippen LogP contribution < -0.4 is 10.2 Å². The summed E-state index contributed by atoms with van der Waals surface area (Å²) < 4.78 is 5.67. The smallest absolute Gasteiger partial charge is 0.276 e. The van der Waals surface area contributed by atoms with E-state index < -0.39 is 5.91 Å². The molecule has 3 rings (SSSR count). The lowest BCUT2D eigenvalue weighted by molar-refractivity contribution is 0.0952. The molecular formula is C19H14ClN3O2. The zero-order valence-electron chi connectivity index (χ0n) is 13.1. The molecule has 0 spiro atoms. The van der Waals surface area contributed by atoms with Crippen LogP contribution in [0.1, 0.15) is 15.9 Å². The molecule has 0 atom stereocenters. The van der Waals surface area contributed by atoms with Crippen LogP contribution in [-0.4, -0.2) is 17.1 Å². The van der Waals surface area contributed by atoms with Crippen molar-refractivity contribution < 1.29 is 9.53 Å². The third-order valence-corrected chi connectivity index (χ3v) is 3.55. The molecule has 1 heterocycles. The Morgan fingerprint density at radius 2 is 1.80 bits per heavy atom. The highest BCUT2D eigenvalue weighted by Gasteiger charge is 2.14. The lowest BCUT2D eigenvalue weighted by Crippen LogP contribution is -2.18. The fraction of sp³-hybridized carbons (Fsp3) is 0. The number of benzene rings is 2. The minimum atomic E-state index is -0.428. The molecule has 3 aromatic rings. The molecule has 0 aliphatic rings. The molecule has 1 aromatic heterocycles. The maximum absolute atomic E-state index is 12.4. The van der Waals surface area contributed by atoms with Crippen LogP contribution in [0.15, 0.2) is 78.0 Å². The Hall–Kier alpha value is -3.18. The summed E-state index contributed by atoms with van der Waals surface area (Å²) in [5.74, 6) is 0.148. The standard InChI is InChI=1S/C19H14ClN3O2/c20-16-10-4-5-11-17(16)25-19-15(9-6-12-21-19)18(24)23-22-13-14-7-2-1-3-8-14/h1-13H,(H,23,24)/b22-13+. The predicted octanol–water partition coefficient (Wildman–Crippen LogP) is 4.29. The Balaban J connectivity index is 1.75. The SMILES string of the molecule is O=C(N/N=C/c1ccccc1)c1cccnc1Oc1ccccc1Cl. The van der Waals surface area contributed by atoms with E-state index in [1.807, 2.05) is 30.3 Å². The zero-order valence-corrected chi connectivity index (χ0v) is 13.9. The molecule has 1 amide bonds.